The number of hydrogen-bond acceptors (Lipinski definition) is 6. The first-order valence-electron chi connectivity index (χ1n) is 9.85. The number of fused-ring (bicyclic) bond motifs is 2. The maximum Gasteiger partial charge on any atom is 0.342 e. The molecule has 0 aliphatic carbocycles. The van der Waals surface area contributed by atoms with Crippen LogP contribution in [0, 0.1) is 0 Å². The van der Waals surface area contributed by atoms with Crippen LogP contribution in [0.1, 0.15) is 56.5 Å². The van der Waals surface area contributed by atoms with Gasteiger partial charge in [0.2, 0.25) is 0 Å². The Labute approximate surface area is 165 Å². The monoisotopic (exact) mass is 388 g/mol. The van der Waals surface area contributed by atoms with E-state index in [1.807, 2.05) is 32.9 Å². The van der Waals surface area contributed by atoms with Crippen LogP contribution >= 0.6 is 0 Å². The third kappa shape index (κ3) is 4.17. The molecule has 1 aliphatic heterocycles. The number of ether oxygens (including phenoxy) is 4. The van der Waals surface area contributed by atoms with E-state index in [1.165, 1.54) is 0 Å². The number of hydrogen-bond donors (Lipinski definition) is 1. The third-order valence-corrected chi connectivity index (χ3v) is 4.64. The van der Waals surface area contributed by atoms with Gasteiger partial charge >= 0.3 is 5.97 Å². The highest BCUT2D eigenvalue weighted by Gasteiger charge is 2.31. The summed E-state index contributed by atoms with van der Waals surface area (Å²) < 4.78 is 22.4. The zero-order valence-corrected chi connectivity index (χ0v) is 16.9. The van der Waals surface area contributed by atoms with Gasteiger partial charge in [0.1, 0.15) is 28.9 Å². The van der Waals surface area contributed by atoms with E-state index in [1.54, 1.807) is 6.07 Å². The molecule has 2 aromatic carbocycles. The lowest BCUT2D eigenvalue weighted by Gasteiger charge is -2.26. The Bertz CT molecular complexity index is 858. The molecule has 1 heterocycles. The lowest BCUT2D eigenvalue weighted by molar-refractivity contribution is 0.0222. The molecule has 1 atom stereocenters. The highest BCUT2D eigenvalue weighted by Crippen LogP contribution is 2.43. The van der Waals surface area contributed by atoms with Crippen LogP contribution in [0.15, 0.2) is 18.2 Å². The highest BCUT2D eigenvalue weighted by molar-refractivity contribution is 6.06. The van der Waals surface area contributed by atoms with Crippen molar-refractivity contribution in [1.82, 2.24) is 0 Å². The van der Waals surface area contributed by atoms with Crippen LogP contribution in [-0.4, -0.2) is 36.7 Å². The van der Waals surface area contributed by atoms with E-state index < -0.39 is 5.97 Å². The average Bonchev–Trinajstić information content (AvgIpc) is 2.61. The molecule has 0 radical (unpaired) electrons. The predicted molar refractivity (Wildman–Crippen MR) is 106 cm³/mol. The van der Waals surface area contributed by atoms with E-state index in [2.05, 4.69) is 6.92 Å². The molecule has 152 valence electrons. The van der Waals surface area contributed by atoms with Gasteiger partial charge in [-0.2, -0.15) is 0 Å². The molecule has 3 rings (SSSR count). The summed E-state index contributed by atoms with van der Waals surface area (Å²) in [5.74, 6) is 0.466. The lowest BCUT2D eigenvalue weighted by Crippen LogP contribution is -2.27. The Morgan fingerprint density at radius 3 is 2.71 bits per heavy atom. The summed E-state index contributed by atoms with van der Waals surface area (Å²) in [5.41, 5.74) is 1.02. The van der Waals surface area contributed by atoms with E-state index in [0.717, 1.165) is 23.8 Å². The number of cyclic esters (lactones) is 1. The van der Waals surface area contributed by atoms with Gasteiger partial charge in [-0.1, -0.05) is 13.3 Å². The molecule has 0 saturated heterocycles. The molecule has 0 spiro atoms. The molecule has 0 unspecified atom stereocenters. The van der Waals surface area contributed by atoms with Crippen molar-refractivity contribution < 1.29 is 28.8 Å². The van der Waals surface area contributed by atoms with Gasteiger partial charge in [-0.3, -0.25) is 0 Å². The lowest BCUT2D eigenvalue weighted by atomic mass is 9.92. The molecule has 6 heteroatoms. The Hall–Kier alpha value is -2.47. The number of carbonyl (C=O) groups excluding carboxylic acids is 1. The van der Waals surface area contributed by atoms with Crippen molar-refractivity contribution in [3.8, 4) is 17.2 Å². The molecule has 28 heavy (non-hydrogen) atoms. The fourth-order valence-electron chi connectivity index (χ4n) is 3.51. The van der Waals surface area contributed by atoms with Gasteiger partial charge in [0.15, 0.2) is 6.79 Å². The largest absolute Gasteiger partial charge is 0.506 e. The first kappa shape index (κ1) is 20.3. The molecule has 1 aliphatic rings. The summed E-state index contributed by atoms with van der Waals surface area (Å²) in [5, 5.41) is 12.2. The van der Waals surface area contributed by atoms with Crippen LogP contribution < -0.4 is 9.47 Å². The summed E-state index contributed by atoms with van der Waals surface area (Å²) in [6, 6.07) is 5.46. The van der Waals surface area contributed by atoms with Crippen molar-refractivity contribution in [3.63, 3.8) is 0 Å². The molecule has 0 saturated carbocycles. The van der Waals surface area contributed by atoms with E-state index in [-0.39, 0.29) is 30.3 Å². The molecule has 0 fully saturated rings. The Morgan fingerprint density at radius 1 is 1.25 bits per heavy atom. The van der Waals surface area contributed by atoms with Crippen LogP contribution in [0.2, 0.25) is 0 Å². The SMILES string of the molecule is CCC[C@H]1Cc2cc3cc(OCOCC)cc(OC(C)C)c3c(O)c2C(=O)O1. The topological polar surface area (TPSA) is 74.2 Å². The van der Waals surface area contributed by atoms with Gasteiger partial charge in [-0.15, -0.1) is 0 Å². The molecular formula is C22H28O6. The zero-order valence-electron chi connectivity index (χ0n) is 16.9. The van der Waals surface area contributed by atoms with E-state index in [4.69, 9.17) is 18.9 Å². The summed E-state index contributed by atoms with van der Waals surface area (Å²) in [6.45, 7) is 8.44. The summed E-state index contributed by atoms with van der Waals surface area (Å²) in [7, 11) is 0. The van der Waals surface area contributed by atoms with Crippen LogP contribution in [0.4, 0.5) is 0 Å². The van der Waals surface area contributed by atoms with Crippen molar-refractivity contribution in [3.05, 3.63) is 29.3 Å². The van der Waals surface area contributed by atoms with Crippen molar-refractivity contribution in [2.24, 2.45) is 0 Å². The second-order valence-corrected chi connectivity index (χ2v) is 7.22. The summed E-state index contributed by atoms with van der Waals surface area (Å²) in [6.07, 6.45) is 2.04. The van der Waals surface area contributed by atoms with Gasteiger partial charge in [-0.05, 0) is 50.3 Å². The maximum atomic E-state index is 12.5. The van der Waals surface area contributed by atoms with Crippen molar-refractivity contribution in [1.29, 1.82) is 0 Å². The molecule has 6 nitrogen and oxygen atoms in total. The third-order valence-electron chi connectivity index (χ3n) is 4.64. The molecule has 0 bridgehead atoms. The predicted octanol–water partition coefficient (Wildman–Crippen LogP) is 4.59. The number of phenols is 1. The average molecular weight is 388 g/mol. The maximum absolute atomic E-state index is 12.5. The minimum atomic E-state index is -0.480. The van der Waals surface area contributed by atoms with Gasteiger partial charge in [0.05, 0.1) is 11.5 Å². The number of benzene rings is 2. The molecule has 1 N–H and O–H groups in total. The Morgan fingerprint density at radius 2 is 2.04 bits per heavy atom. The van der Waals surface area contributed by atoms with Gasteiger partial charge in [0, 0.05) is 19.1 Å². The Kier molecular flexibility index (Phi) is 6.29. The first-order chi connectivity index (χ1) is 13.4. The number of carbonyl (C=O) groups is 1. The number of esters is 1. The molecule has 0 amide bonds. The first-order valence-corrected chi connectivity index (χ1v) is 9.85. The second kappa shape index (κ2) is 8.69. The number of rotatable bonds is 8. The standard InChI is InChI=1S/C22H28O6/c1-5-7-16-9-15-8-14-10-17(26-12-25-6-2)11-18(27-13(3)4)19(14)21(23)20(15)22(24)28-16/h8,10-11,13,16,23H,5-7,9,12H2,1-4H3/t16-/m0/s1. The smallest absolute Gasteiger partial charge is 0.342 e. The molecule has 0 aromatic heterocycles. The van der Waals surface area contributed by atoms with Crippen molar-refractivity contribution >= 4 is 16.7 Å². The fourth-order valence-corrected chi connectivity index (χ4v) is 3.51. The fraction of sp³-hybridized carbons (Fsp3) is 0.500. The van der Waals surface area contributed by atoms with E-state index in [9.17, 15) is 9.90 Å². The summed E-state index contributed by atoms with van der Waals surface area (Å²) >= 11 is 0. The van der Waals surface area contributed by atoms with Gasteiger partial charge < -0.3 is 24.1 Å². The summed E-state index contributed by atoms with van der Waals surface area (Å²) in [4.78, 5) is 12.5. The zero-order chi connectivity index (χ0) is 20.3. The van der Waals surface area contributed by atoms with Crippen LogP contribution in [0.25, 0.3) is 10.8 Å². The highest BCUT2D eigenvalue weighted by atomic mass is 16.7. The van der Waals surface area contributed by atoms with Crippen molar-refractivity contribution in [2.45, 2.75) is 59.2 Å². The number of phenolic OH excluding ortho intramolecular Hbond substituents is 1. The minimum absolute atomic E-state index is 0.0977. The Balaban J connectivity index is 2.12. The van der Waals surface area contributed by atoms with Crippen molar-refractivity contribution in [2.75, 3.05) is 13.4 Å². The second-order valence-electron chi connectivity index (χ2n) is 7.22. The van der Waals surface area contributed by atoms with Crippen LogP contribution in [0.3, 0.4) is 0 Å². The van der Waals surface area contributed by atoms with Gasteiger partial charge in [-0.25, -0.2) is 4.79 Å². The van der Waals surface area contributed by atoms with E-state index >= 15 is 0 Å². The van der Waals surface area contributed by atoms with Gasteiger partial charge in [0.25, 0.3) is 0 Å². The normalized spacial score (nSPS) is 16.2. The molecular weight excluding hydrogens is 360 g/mol. The minimum Gasteiger partial charge on any atom is -0.506 e. The van der Waals surface area contributed by atoms with Crippen LogP contribution in [0.5, 0.6) is 17.2 Å². The van der Waals surface area contributed by atoms with E-state index in [0.29, 0.717) is 29.9 Å². The molecule has 2 aromatic rings. The quantitative estimate of drug-likeness (QED) is 0.405. The van der Waals surface area contributed by atoms with Crippen LogP contribution in [-0.2, 0) is 15.9 Å². The number of aromatic hydroxyl groups is 1.